The zero-order chi connectivity index (χ0) is 20.3. The van der Waals surface area contributed by atoms with Crippen LogP contribution in [0.1, 0.15) is 29.9 Å². The van der Waals surface area contributed by atoms with E-state index in [0.717, 1.165) is 31.9 Å². The molecule has 0 saturated carbocycles. The molecule has 1 aromatic heterocycles. The summed E-state index contributed by atoms with van der Waals surface area (Å²) in [5, 5.41) is 20.7. The van der Waals surface area contributed by atoms with Crippen LogP contribution in [0.3, 0.4) is 0 Å². The van der Waals surface area contributed by atoms with Crippen LogP contribution in [0, 0.1) is 0 Å². The van der Waals surface area contributed by atoms with Gasteiger partial charge in [-0.05, 0) is 39.1 Å². The second-order valence-corrected chi connectivity index (χ2v) is 8.09. The van der Waals surface area contributed by atoms with E-state index in [9.17, 15) is 4.79 Å². The monoisotopic (exact) mass is 406 g/mol. The lowest BCUT2D eigenvalue weighted by atomic mass is 10.0. The second kappa shape index (κ2) is 8.46. The van der Waals surface area contributed by atoms with Crippen LogP contribution in [0.15, 0.2) is 24.4 Å². The SMILES string of the molecule is CN1CCN(c2cc(Cl)cc(C(=O)NC(C)(C)c3cn(CCO)nn3)c2)CC1. The van der Waals surface area contributed by atoms with E-state index < -0.39 is 5.54 Å². The molecule has 1 aliphatic heterocycles. The normalized spacial score (nSPS) is 15.7. The maximum Gasteiger partial charge on any atom is 0.252 e. The number of aliphatic hydroxyl groups is 1. The number of anilines is 1. The van der Waals surface area contributed by atoms with Gasteiger partial charge in [-0.3, -0.25) is 4.79 Å². The first kappa shape index (κ1) is 20.6. The molecule has 1 fully saturated rings. The molecular formula is C19H27ClN6O2. The number of carbonyl (C=O) groups is 1. The van der Waals surface area contributed by atoms with Crippen molar-refractivity contribution in [3.05, 3.63) is 40.7 Å². The lowest BCUT2D eigenvalue weighted by Gasteiger charge is -2.34. The maximum absolute atomic E-state index is 12.9. The van der Waals surface area contributed by atoms with Crippen molar-refractivity contribution in [2.24, 2.45) is 0 Å². The summed E-state index contributed by atoms with van der Waals surface area (Å²) in [7, 11) is 2.10. The molecule has 2 aromatic rings. The predicted octanol–water partition coefficient (Wildman–Crippen LogP) is 1.34. The Hall–Kier alpha value is -2.16. The Morgan fingerprint density at radius 2 is 1.96 bits per heavy atom. The third-order valence-corrected chi connectivity index (χ3v) is 5.17. The molecule has 152 valence electrons. The van der Waals surface area contributed by atoms with Crippen LogP contribution < -0.4 is 10.2 Å². The number of aliphatic hydroxyl groups excluding tert-OH is 1. The van der Waals surface area contributed by atoms with Crippen LogP contribution in [0.4, 0.5) is 5.69 Å². The third kappa shape index (κ3) is 4.81. The van der Waals surface area contributed by atoms with E-state index in [1.807, 2.05) is 26.0 Å². The number of likely N-dealkylation sites (N-methyl/N-ethyl adjacent to an activating group) is 1. The zero-order valence-electron chi connectivity index (χ0n) is 16.5. The molecule has 8 nitrogen and oxygen atoms in total. The summed E-state index contributed by atoms with van der Waals surface area (Å²) in [5.41, 5.74) is 1.37. The average Bonchev–Trinajstić information content (AvgIpc) is 3.11. The maximum atomic E-state index is 12.9. The van der Waals surface area contributed by atoms with Gasteiger partial charge in [-0.1, -0.05) is 16.8 Å². The van der Waals surface area contributed by atoms with Gasteiger partial charge in [0.25, 0.3) is 5.91 Å². The fourth-order valence-electron chi connectivity index (χ4n) is 3.17. The lowest BCUT2D eigenvalue weighted by Crippen LogP contribution is -2.44. The highest BCUT2D eigenvalue weighted by Gasteiger charge is 2.27. The molecule has 2 heterocycles. The molecule has 1 amide bonds. The van der Waals surface area contributed by atoms with Gasteiger partial charge in [0.05, 0.1) is 24.9 Å². The molecule has 1 saturated heterocycles. The Bertz CT molecular complexity index is 830. The Balaban J connectivity index is 1.76. The number of hydrogen-bond acceptors (Lipinski definition) is 6. The molecule has 0 aliphatic carbocycles. The van der Waals surface area contributed by atoms with E-state index in [1.54, 1.807) is 16.9 Å². The Morgan fingerprint density at radius 3 is 2.64 bits per heavy atom. The second-order valence-electron chi connectivity index (χ2n) is 7.66. The Kier molecular flexibility index (Phi) is 6.22. The molecule has 0 bridgehead atoms. The van der Waals surface area contributed by atoms with Crippen molar-refractivity contribution in [1.29, 1.82) is 0 Å². The minimum atomic E-state index is -0.721. The van der Waals surface area contributed by atoms with Gasteiger partial charge < -0.3 is 20.2 Å². The van der Waals surface area contributed by atoms with Crippen molar-refractivity contribution >= 4 is 23.2 Å². The van der Waals surface area contributed by atoms with Crippen molar-refractivity contribution in [3.63, 3.8) is 0 Å². The van der Waals surface area contributed by atoms with Crippen molar-refractivity contribution in [1.82, 2.24) is 25.2 Å². The smallest absolute Gasteiger partial charge is 0.252 e. The summed E-state index contributed by atoms with van der Waals surface area (Å²) >= 11 is 6.30. The number of nitrogens with zero attached hydrogens (tertiary/aromatic N) is 5. The molecule has 0 unspecified atom stereocenters. The van der Waals surface area contributed by atoms with Crippen molar-refractivity contribution in [2.75, 3.05) is 44.7 Å². The number of halogens is 1. The number of piperazine rings is 1. The lowest BCUT2D eigenvalue weighted by molar-refractivity contribution is 0.0910. The van der Waals surface area contributed by atoms with Gasteiger partial charge in [-0.2, -0.15) is 0 Å². The molecule has 1 aliphatic rings. The number of amides is 1. The highest BCUT2D eigenvalue weighted by molar-refractivity contribution is 6.31. The Labute approximate surface area is 170 Å². The van der Waals surface area contributed by atoms with Gasteiger partial charge >= 0.3 is 0 Å². The average molecular weight is 407 g/mol. The Morgan fingerprint density at radius 1 is 1.25 bits per heavy atom. The van der Waals surface area contributed by atoms with Crippen LogP contribution in [0.5, 0.6) is 0 Å². The summed E-state index contributed by atoms with van der Waals surface area (Å²) in [6, 6.07) is 5.45. The van der Waals surface area contributed by atoms with E-state index in [1.165, 1.54) is 0 Å². The molecule has 0 atom stereocenters. The predicted molar refractivity (Wildman–Crippen MR) is 109 cm³/mol. The van der Waals surface area contributed by atoms with Crippen LogP contribution in [-0.2, 0) is 12.1 Å². The number of aromatic nitrogens is 3. The number of rotatable bonds is 6. The molecule has 0 radical (unpaired) electrons. The van der Waals surface area contributed by atoms with Crippen LogP contribution in [0.25, 0.3) is 0 Å². The number of hydrogen-bond donors (Lipinski definition) is 2. The minimum Gasteiger partial charge on any atom is -0.394 e. The van der Waals surface area contributed by atoms with E-state index in [-0.39, 0.29) is 12.5 Å². The summed E-state index contributed by atoms with van der Waals surface area (Å²) in [5.74, 6) is -0.223. The van der Waals surface area contributed by atoms with Gasteiger partial charge in [0.15, 0.2) is 0 Å². The van der Waals surface area contributed by atoms with Crippen LogP contribution in [-0.4, -0.2) is 70.7 Å². The molecule has 0 spiro atoms. The van der Waals surface area contributed by atoms with Crippen LogP contribution in [0.2, 0.25) is 5.02 Å². The van der Waals surface area contributed by atoms with Gasteiger partial charge in [-0.25, -0.2) is 4.68 Å². The largest absolute Gasteiger partial charge is 0.394 e. The van der Waals surface area contributed by atoms with Gasteiger partial charge in [0, 0.05) is 42.5 Å². The van der Waals surface area contributed by atoms with Crippen LogP contribution >= 0.6 is 11.6 Å². The number of benzene rings is 1. The highest BCUT2D eigenvalue weighted by Crippen LogP contribution is 2.25. The first-order valence-electron chi connectivity index (χ1n) is 9.36. The molecule has 2 N–H and O–H groups in total. The summed E-state index contributed by atoms with van der Waals surface area (Å²) in [6.45, 7) is 7.82. The van der Waals surface area contributed by atoms with Gasteiger partial charge in [0.2, 0.25) is 0 Å². The first-order chi connectivity index (χ1) is 13.3. The molecule has 1 aromatic carbocycles. The van der Waals surface area contributed by atoms with Crippen molar-refractivity contribution in [2.45, 2.75) is 25.9 Å². The molecule has 3 rings (SSSR count). The van der Waals surface area contributed by atoms with E-state index in [0.29, 0.717) is 22.8 Å². The van der Waals surface area contributed by atoms with Crippen molar-refractivity contribution < 1.29 is 9.90 Å². The zero-order valence-corrected chi connectivity index (χ0v) is 17.3. The van der Waals surface area contributed by atoms with E-state index in [4.69, 9.17) is 16.7 Å². The van der Waals surface area contributed by atoms with E-state index in [2.05, 4.69) is 32.5 Å². The summed E-state index contributed by atoms with van der Waals surface area (Å²) in [4.78, 5) is 17.4. The summed E-state index contributed by atoms with van der Waals surface area (Å²) < 4.78 is 1.55. The third-order valence-electron chi connectivity index (χ3n) is 4.95. The minimum absolute atomic E-state index is 0.0207. The van der Waals surface area contributed by atoms with E-state index >= 15 is 0 Å². The van der Waals surface area contributed by atoms with Gasteiger partial charge in [-0.15, -0.1) is 5.10 Å². The van der Waals surface area contributed by atoms with Gasteiger partial charge in [0.1, 0.15) is 5.69 Å². The fraction of sp³-hybridized carbons (Fsp3) is 0.526. The summed E-state index contributed by atoms with van der Waals surface area (Å²) in [6.07, 6.45) is 1.73. The quantitative estimate of drug-likeness (QED) is 0.752. The number of nitrogens with one attached hydrogen (secondary N) is 1. The highest BCUT2D eigenvalue weighted by atomic mass is 35.5. The number of carbonyl (C=O) groups excluding carboxylic acids is 1. The first-order valence-corrected chi connectivity index (χ1v) is 9.74. The standard InChI is InChI=1S/C19H27ClN6O2/c1-19(2,17-13-26(8-9-27)23-22-17)21-18(28)14-10-15(20)12-16(11-14)25-6-4-24(3)5-7-25/h10-13,27H,4-9H2,1-3H3,(H,21,28). The molecule has 28 heavy (non-hydrogen) atoms. The fourth-order valence-corrected chi connectivity index (χ4v) is 3.40. The topological polar surface area (TPSA) is 86.5 Å². The molecule has 9 heteroatoms. The van der Waals surface area contributed by atoms with Crippen molar-refractivity contribution in [3.8, 4) is 0 Å². The molecular weight excluding hydrogens is 380 g/mol.